The Bertz CT molecular complexity index is 427. The summed E-state index contributed by atoms with van der Waals surface area (Å²) >= 11 is 0. The summed E-state index contributed by atoms with van der Waals surface area (Å²) in [5, 5.41) is 13.8. The van der Waals surface area contributed by atoms with Gasteiger partial charge >= 0.3 is 6.03 Å². The van der Waals surface area contributed by atoms with Gasteiger partial charge in [0.2, 0.25) is 0 Å². The van der Waals surface area contributed by atoms with Crippen molar-refractivity contribution in [3.05, 3.63) is 29.8 Å². The van der Waals surface area contributed by atoms with E-state index in [4.69, 9.17) is 5.11 Å². The summed E-state index contributed by atoms with van der Waals surface area (Å²) in [5.74, 6) is -0.273. The van der Waals surface area contributed by atoms with E-state index in [1.54, 1.807) is 19.1 Å². The summed E-state index contributed by atoms with van der Waals surface area (Å²) in [7, 11) is 0. The number of nitrogens with one attached hydrogen (secondary N) is 2. The first-order chi connectivity index (χ1) is 7.02. The fourth-order valence-corrected chi connectivity index (χ4v) is 1.54. The molecule has 78 valence electrons. The minimum atomic E-state index is -1.05. The van der Waals surface area contributed by atoms with Crippen molar-refractivity contribution in [1.82, 2.24) is 10.6 Å². The van der Waals surface area contributed by atoms with Gasteiger partial charge in [-0.3, -0.25) is 10.1 Å². The lowest BCUT2D eigenvalue weighted by Crippen LogP contribution is -2.40. The van der Waals surface area contributed by atoms with Crippen LogP contribution in [0.25, 0.3) is 0 Å². The van der Waals surface area contributed by atoms with E-state index in [0.29, 0.717) is 5.56 Å². The van der Waals surface area contributed by atoms with E-state index >= 15 is 0 Å². The zero-order valence-electron chi connectivity index (χ0n) is 8.07. The van der Waals surface area contributed by atoms with Crippen LogP contribution in [0.3, 0.4) is 0 Å². The standard InChI is InChI=1S/C10H10N2O3/c1-10(8(14)11-9(15)12-10)6-2-4-7(13)5-3-6/h2-5,13H,1H3,(H2,11,12,14,15)/t10-/m0/s1. The second-order valence-electron chi connectivity index (χ2n) is 3.58. The molecule has 3 amide bonds. The van der Waals surface area contributed by atoms with Crippen LogP contribution >= 0.6 is 0 Å². The largest absolute Gasteiger partial charge is 0.508 e. The number of carbonyl (C=O) groups excluding carboxylic acids is 2. The SMILES string of the molecule is C[C@@]1(c2ccc(O)cc2)NC(=O)NC1=O. The van der Waals surface area contributed by atoms with Crippen molar-refractivity contribution < 1.29 is 14.7 Å². The van der Waals surface area contributed by atoms with E-state index in [1.165, 1.54) is 12.1 Å². The number of carbonyl (C=O) groups is 2. The van der Waals surface area contributed by atoms with E-state index in [-0.39, 0.29) is 5.75 Å². The van der Waals surface area contributed by atoms with Gasteiger partial charge in [0.15, 0.2) is 0 Å². The van der Waals surface area contributed by atoms with Crippen molar-refractivity contribution in [2.45, 2.75) is 12.5 Å². The molecule has 2 rings (SSSR count). The Morgan fingerprint density at radius 3 is 2.27 bits per heavy atom. The van der Waals surface area contributed by atoms with Crippen molar-refractivity contribution in [1.29, 1.82) is 0 Å². The first kappa shape index (κ1) is 9.51. The summed E-state index contributed by atoms with van der Waals surface area (Å²) in [6.45, 7) is 1.61. The molecule has 0 aromatic heterocycles. The normalized spacial score (nSPS) is 24.9. The number of amides is 3. The van der Waals surface area contributed by atoms with Crippen LogP contribution in [0.1, 0.15) is 12.5 Å². The van der Waals surface area contributed by atoms with Crippen molar-refractivity contribution in [2.75, 3.05) is 0 Å². The Morgan fingerprint density at radius 1 is 1.20 bits per heavy atom. The first-order valence-electron chi connectivity index (χ1n) is 4.45. The van der Waals surface area contributed by atoms with E-state index in [9.17, 15) is 9.59 Å². The van der Waals surface area contributed by atoms with Gasteiger partial charge in [-0.25, -0.2) is 4.79 Å². The molecule has 3 N–H and O–H groups in total. The predicted octanol–water partition coefficient (Wildman–Crippen LogP) is 0.447. The molecule has 1 aliphatic heterocycles. The molecule has 5 nitrogen and oxygen atoms in total. The fraction of sp³-hybridized carbons (Fsp3) is 0.200. The Morgan fingerprint density at radius 2 is 1.80 bits per heavy atom. The van der Waals surface area contributed by atoms with Crippen molar-refractivity contribution in [3.63, 3.8) is 0 Å². The molecular weight excluding hydrogens is 196 g/mol. The molecule has 1 fully saturated rings. The minimum absolute atomic E-state index is 0.118. The molecule has 1 atom stereocenters. The average molecular weight is 206 g/mol. The van der Waals surface area contributed by atoms with Gasteiger partial charge in [-0.2, -0.15) is 0 Å². The number of hydrogen-bond acceptors (Lipinski definition) is 3. The highest BCUT2D eigenvalue weighted by Gasteiger charge is 2.43. The summed E-state index contributed by atoms with van der Waals surface area (Å²) in [4.78, 5) is 22.6. The lowest BCUT2D eigenvalue weighted by atomic mass is 9.92. The lowest BCUT2D eigenvalue weighted by Gasteiger charge is -2.20. The third-order valence-electron chi connectivity index (χ3n) is 2.49. The summed E-state index contributed by atoms with van der Waals surface area (Å²) in [6, 6.07) is 5.63. The topological polar surface area (TPSA) is 78.4 Å². The summed E-state index contributed by atoms with van der Waals surface area (Å²) in [6.07, 6.45) is 0. The van der Waals surface area contributed by atoms with Crippen LogP contribution in [0.5, 0.6) is 5.75 Å². The predicted molar refractivity (Wildman–Crippen MR) is 52.1 cm³/mol. The molecule has 1 saturated heterocycles. The van der Waals surface area contributed by atoms with E-state index < -0.39 is 17.5 Å². The molecule has 15 heavy (non-hydrogen) atoms. The highest BCUT2D eigenvalue weighted by Crippen LogP contribution is 2.25. The monoisotopic (exact) mass is 206 g/mol. The number of phenols is 1. The fourth-order valence-electron chi connectivity index (χ4n) is 1.54. The van der Waals surface area contributed by atoms with Crippen LogP contribution in [-0.4, -0.2) is 17.0 Å². The van der Waals surface area contributed by atoms with Gasteiger partial charge < -0.3 is 10.4 Å². The quantitative estimate of drug-likeness (QED) is 0.583. The maximum Gasteiger partial charge on any atom is 0.322 e. The highest BCUT2D eigenvalue weighted by molar-refractivity contribution is 6.07. The van der Waals surface area contributed by atoms with E-state index in [0.717, 1.165) is 0 Å². The average Bonchev–Trinajstić information content (AvgIpc) is 2.42. The van der Waals surface area contributed by atoms with Crippen LogP contribution in [0, 0.1) is 0 Å². The number of rotatable bonds is 1. The van der Waals surface area contributed by atoms with Gasteiger partial charge in [-0.15, -0.1) is 0 Å². The number of imide groups is 1. The lowest BCUT2D eigenvalue weighted by molar-refractivity contribution is -0.123. The highest BCUT2D eigenvalue weighted by atomic mass is 16.3. The third kappa shape index (κ3) is 1.41. The van der Waals surface area contributed by atoms with Gasteiger partial charge in [0.05, 0.1) is 0 Å². The van der Waals surface area contributed by atoms with Gasteiger partial charge in [0, 0.05) is 0 Å². The number of hydrogen-bond donors (Lipinski definition) is 3. The Kier molecular flexibility index (Phi) is 1.89. The molecular formula is C10H10N2O3. The van der Waals surface area contributed by atoms with Crippen molar-refractivity contribution >= 4 is 11.9 Å². The zero-order chi connectivity index (χ0) is 11.1. The van der Waals surface area contributed by atoms with Crippen LogP contribution < -0.4 is 10.6 Å². The second-order valence-corrected chi connectivity index (χ2v) is 3.58. The van der Waals surface area contributed by atoms with Crippen LogP contribution in [-0.2, 0) is 10.3 Å². The maximum atomic E-state index is 11.5. The van der Waals surface area contributed by atoms with Gasteiger partial charge in [0.25, 0.3) is 5.91 Å². The smallest absolute Gasteiger partial charge is 0.322 e. The molecule has 0 saturated carbocycles. The van der Waals surface area contributed by atoms with Gasteiger partial charge in [-0.1, -0.05) is 12.1 Å². The molecule has 1 aromatic carbocycles. The second kappa shape index (κ2) is 2.98. The molecule has 0 unspecified atom stereocenters. The Hall–Kier alpha value is -2.04. The van der Waals surface area contributed by atoms with E-state index in [1.807, 2.05) is 0 Å². The van der Waals surface area contributed by atoms with Crippen LogP contribution in [0.2, 0.25) is 0 Å². The molecule has 0 aliphatic carbocycles. The van der Waals surface area contributed by atoms with Gasteiger partial charge in [0.1, 0.15) is 11.3 Å². The number of urea groups is 1. The molecule has 0 spiro atoms. The van der Waals surface area contributed by atoms with Crippen molar-refractivity contribution in [2.24, 2.45) is 0 Å². The maximum absolute atomic E-state index is 11.5. The summed E-state index contributed by atoms with van der Waals surface area (Å²) < 4.78 is 0. The Labute approximate surface area is 86.1 Å². The van der Waals surface area contributed by atoms with Crippen molar-refractivity contribution in [3.8, 4) is 5.75 Å². The zero-order valence-corrected chi connectivity index (χ0v) is 8.07. The number of phenolic OH excluding ortho intramolecular Hbond substituents is 1. The summed E-state index contributed by atoms with van der Waals surface area (Å²) in [5.41, 5.74) is -0.422. The molecule has 1 aromatic rings. The molecule has 0 bridgehead atoms. The molecule has 1 heterocycles. The third-order valence-corrected chi connectivity index (χ3v) is 2.49. The van der Waals surface area contributed by atoms with E-state index in [2.05, 4.69) is 10.6 Å². The minimum Gasteiger partial charge on any atom is -0.508 e. The first-order valence-corrected chi connectivity index (χ1v) is 4.45. The van der Waals surface area contributed by atoms with Gasteiger partial charge in [-0.05, 0) is 24.6 Å². The number of benzene rings is 1. The molecule has 5 heteroatoms. The molecule has 1 aliphatic rings. The van der Waals surface area contributed by atoms with Crippen LogP contribution in [0.15, 0.2) is 24.3 Å². The Balaban J connectivity index is 2.41. The number of aromatic hydroxyl groups is 1. The van der Waals surface area contributed by atoms with Crippen LogP contribution in [0.4, 0.5) is 4.79 Å². The molecule has 0 radical (unpaired) electrons.